The Kier molecular flexibility index (Phi) is 5.86. The van der Waals surface area contributed by atoms with Crippen molar-refractivity contribution < 1.29 is 9.18 Å². The number of nitrogens with zero attached hydrogens (tertiary/aromatic N) is 3. The fourth-order valence-electron chi connectivity index (χ4n) is 6.10. The van der Waals surface area contributed by atoms with Crippen LogP contribution in [-0.4, -0.2) is 73.3 Å². The highest BCUT2D eigenvalue weighted by Crippen LogP contribution is 2.40. The van der Waals surface area contributed by atoms with Crippen molar-refractivity contribution in [3.8, 4) is 0 Å². The van der Waals surface area contributed by atoms with E-state index < -0.39 is 6.17 Å². The van der Waals surface area contributed by atoms with Crippen LogP contribution in [0.5, 0.6) is 0 Å². The van der Waals surface area contributed by atoms with E-state index in [9.17, 15) is 4.79 Å². The van der Waals surface area contributed by atoms with Gasteiger partial charge in [0.2, 0.25) is 5.91 Å². The number of hydrogen-bond acceptors (Lipinski definition) is 5. The van der Waals surface area contributed by atoms with E-state index in [-0.39, 0.29) is 29.8 Å². The Hall–Kier alpha value is -1.44. The van der Waals surface area contributed by atoms with Crippen LogP contribution in [0.15, 0.2) is 18.3 Å². The van der Waals surface area contributed by atoms with Crippen molar-refractivity contribution in [3.05, 3.63) is 23.4 Å². The van der Waals surface area contributed by atoms with Gasteiger partial charge in [-0.3, -0.25) is 9.69 Å². The minimum absolute atomic E-state index is 0.0175. The third-order valence-electron chi connectivity index (χ3n) is 7.54. The summed E-state index contributed by atoms with van der Waals surface area (Å²) >= 11 is 5.94. The molecule has 3 saturated heterocycles. The van der Waals surface area contributed by atoms with Gasteiger partial charge in [-0.05, 0) is 50.3 Å². The summed E-state index contributed by atoms with van der Waals surface area (Å²) in [7, 11) is 0. The molecule has 4 fully saturated rings. The second-order valence-electron chi connectivity index (χ2n) is 9.40. The van der Waals surface area contributed by atoms with E-state index in [4.69, 9.17) is 11.6 Å². The summed E-state index contributed by atoms with van der Waals surface area (Å²) in [6.07, 6.45) is 4.24. The van der Waals surface area contributed by atoms with Crippen LogP contribution in [0.3, 0.4) is 0 Å². The van der Waals surface area contributed by atoms with Crippen molar-refractivity contribution in [2.75, 3.05) is 44.2 Å². The quantitative estimate of drug-likeness (QED) is 0.761. The molecule has 1 aliphatic carbocycles. The van der Waals surface area contributed by atoms with Crippen LogP contribution < -0.4 is 15.5 Å². The molecule has 1 amide bonds. The molecule has 6 unspecified atom stereocenters. The number of pyridine rings is 1. The molecule has 1 aromatic heterocycles. The van der Waals surface area contributed by atoms with Gasteiger partial charge in [-0.15, -0.1) is 0 Å². The Morgan fingerprint density at radius 2 is 2.03 bits per heavy atom. The molecule has 6 nitrogen and oxygen atoms in total. The van der Waals surface area contributed by atoms with Crippen LogP contribution in [0, 0.1) is 17.8 Å². The topological polar surface area (TPSA) is 60.5 Å². The van der Waals surface area contributed by atoms with Crippen LogP contribution in [0.25, 0.3) is 0 Å². The fraction of sp³-hybridized carbons (Fsp3) is 0.727. The summed E-state index contributed by atoms with van der Waals surface area (Å²) in [5.41, 5.74) is 0. The van der Waals surface area contributed by atoms with Crippen LogP contribution in [0.4, 0.5) is 10.2 Å². The number of alkyl halides is 1. The van der Waals surface area contributed by atoms with Crippen LogP contribution >= 0.6 is 11.6 Å². The zero-order valence-electron chi connectivity index (χ0n) is 17.3. The van der Waals surface area contributed by atoms with E-state index in [0.717, 1.165) is 64.3 Å². The van der Waals surface area contributed by atoms with Crippen molar-refractivity contribution in [3.63, 3.8) is 0 Å². The standard InChI is InChI=1S/C22H31ClFN5O/c23-15-3-4-19(26-12-15)29-8-6-28(7-9-29)13-14-10-17(24)20-18(11-14)27-22(30)16-2-1-5-25-21(16)20/h3-4,12,14,16-18,20-21,25H,1-2,5-11,13H2,(H,27,30). The van der Waals surface area contributed by atoms with Crippen molar-refractivity contribution in [1.82, 2.24) is 20.5 Å². The van der Waals surface area contributed by atoms with Crippen LogP contribution in [-0.2, 0) is 4.79 Å². The van der Waals surface area contributed by atoms with E-state index in [1.807, 2.05) is 12.1 Å². The lowest BCUT2D eigenvalue weighted by atomic mass is 9.66. The number of piperazine rings is 1. The van der Waals surface area contributed by atoms with Crippen molar-refractivity contribution in [2.45, 2.75) is 43.9 Å². The first kappa shape index (κ1) is 20.5. The minimum atomic E-state index is -0.841. The maximum atomic E-state index is 15.3. The average molecular weight is 436 g/mol. The normalized spacial score (nSPS) is 37.3. The number of carbonyl (C=O) groups excluding carboxylic acids is 1. The Morgan fingerprint density at radius 1 is 1.20 bits per heavy atom. The molecule has 0 spiro atoms. The minimum Gasteiger partial charge on any atom is -0.354 e. The number of carbonyl (C=O) groups is 1. The maximum Gasteiger partial charge on any atom is 0.224 e. The second kappa shape index (κ2) is 8.60. The van der Waals surface area contributed by atoms with Crippen molar-refractivity contribution >= 4 is 23.3 Å². The lowest BCUT2D eigenvalue weighted by Gasteiger charge is -2.51. The SMILES string of the molecule is O=C1NC2CC(CN3CCN(c4ccc(Cl)cn4)CC3)CC(F)C2C2NCCCC12. The third-order valence-corrected chi connectivity index (χ3v) is 7.76. The molecule has 0 aromatic carbocycles. The molecule has 3 aliphatic heterocycles. The van der Waals surface area contributed by atoms with E-state index >= 15 is 4.39 Å². The number of anilines is 1. The van der Waals surface area contributed by atoms with Gasteiger partial charge >= 0.3 is 0 Å². The van der Waals surface area contributed by atoms with Gasteiger partial charge in [-0.2, -0.15) is 0 Å². The van der Waals surface area contributed by atoms with Gasteiger partial charge in [-0.25, -0.2) is 9.37 Å². The number of rotatable bonds is 3. The summed E-state index contributed by atoms with van der Waals surface area (Å²) < 4.78 is 15.3. The molecule has 1 saturated carbocycles. The first-order valence-electron chi connectivity index (χ1n) is 11.3. The van der Waals surface area contributed by atoms with Gasteiger partial charge < -0.3 is 15.5 Å². The van der Waals surface area contributed by atoms with Crippen molar-refractivity contribution in [1.29, 1.82) is 0 Å². The Morgan fingerprint density at radius 3 is 2.80 bits per heavy atom. The molecule has 2 N–H and O–H groups in total. The summed E-state index contributed by atoms with van der Waals surface area (Å²) in [6, 6.07) is 3.83. The molecule has 6 atom stereocenters. The highest BCUT2D eigenvalue weighted by Gasteiger charge is 2.51. The molecular weight excluding hydrogens is 405 g/mol. The third kappa shape index (κ3) is 4.04. The average Bonchev–Trinajstić information content (AvgIpc) is 2.75. The molecule has 4 heterocycles. The Labute approximate surface area is 182 Å². The monoisotopic (exact) mass is 435 g/mol. The van der Waals surface area contributed by atoms with E-state index in [1.54, 1.807) is 6.20 Å². The highest BCUT2D eigenvalue weighted by molar-refractivity contribution is 6.30. The van der Waals surface area contributed by atoms with Gasteiger partial charge in [0.15, 0.2) is 0 Å². The Bertz CT molecular complexity index is 756. The molecule has 8 heteroatoms. The second-order valence-corrected chi connectivity index (χ2v) is 9.83. The number of amides is 1. The number of halogens is 2. The fourth-order valence-corrected chi connectivity index (χ4v) is 6.21. The molecule has 164 valence electrons. The number of aromatic nitrogens is 1. The first-order valence-corrected chi connectivity index (χ1v) is 11.7. The zero-order chi connectivity index (χ0) is 20.7. The Balaban J connectivity index is 1.16. The lowest BCUT2D eigenvalue weighted by molar-refractivity contribution is -0.135. The highest BCUT2D eigenvalue weighted by atomic mass is 35.5. The summed E-state index contributed by atoms with van der Waals surface area (Å²) in [5.74, 6) is 1.26. The molecule has 5 rings (SSSR count). The predicted molar refractivity (Wildman–Crippen MR) is 115 cm³/mol. The predicted octanol–water partition coefficient (Wildman–Crippen LogP) is 2.09. The van der Waals surface area contributed by atoms with Gasteiger partial charge in [0, 0.05) is 56.9 Å². The van der Waals surface area contributed by atoms with Gasteiger partial charge in [0.05, 0.1) is 10.9 Å². The van der Waals surface area contributed by atoms with Gasteiger partial charge in [-0.1, -0.05) is 11.6 Å². The molecule has 4 aliphatic rings. The van der Waals surface area contributed by atoms with E-state index in [0.29, 0.717) is 17.4 Å². The lowest BCUT2D eigenvalue weighted by Crippen LogP contribution is -2.67. The zero-order valence-corrected chi connectivity index (χ0v) is 18.0. The van der Waals surface area contributed by atoms with Gasteiger partial charge in [0.1, 0.15) is 12.0 Å². The molecule has 1 aromatic rings. The number of nitrogens with one attached hydrogen (secondary N) is 2. The first-order chi connectivity index (χ1) is 14.6. The van der Waals surface area contributed by atoms with Crippen LogP contribution in [0.1, 0.15) is 25.7 Å². The number of hydrogen-bond donors (Lipinski definition) is 2. The molecule has 0 bridgehead atoms. The number of piperidine rings is 2. The largest absolute Gasteiger partial charge is 0.354 e. The van der Waals surface area contributed by atoms with Crippen LogP contribution in [0.2, 0.25) is 5.02 Å². The maximum absolute atomic E-state index is 15.3. The summed E-state index contributed by atoms with van der Waals surface area (Å²) in [6.45, 7) is 5.53. The van der Waals surface area contributed by atoms with E-state index in [2.05, 4.69) is 25.4 Å². The number of fused-ring (bicyclic) bond motifs is 3. The molecular formula is C22H31ClFN5O. The molecule has 30 heavy (non-hydrogen) atoms. The van der Waals surface area contributed by atoms with E-state index in [1.165, 1.54) is 0 Å². The van der Waals surface area contributed by atoms with Gasteiger partial charge in [0.25, 0.3) is 0 Å². The summed E-state index contributed by atoms with van der Waals surface area (Å²) in [5, 5.41) is 7.30. The molecule has 0 radical (unpaired) electrons. The smallest absolute Gasteiger partial charge is 0.224 e. The van der Waals surface area contributed by atoms with Crippen molar-refractivity contribution in [2.24, 2.45) is 17.8 Å². The summed E-state index contributed by atoms with van der Waals surface area (Å²) in [4.78, 5) is 21.7.